The van der Waals surface area contributed by atoms with Crippen LogP contribution in [0.15, 0.2) is 11.6 Å². The van der Waals surface area contributed by atoms with Crippen molar-refractivity contribution in [1.29, 1.82) is 0 Å². The van der Waals surface area contributed by atoms with Gasteiger partial charge in [0.15, 0.2) is 6.29 Å². The summed E-state index contributed by atoms with van der Waals surface area (Å²) in [6, 6.07) is 0. The minimum Gasteiger partial charge on any atom is -0.349 e. The molecule has 0 N–H and O–H groups in total. The molecule has 2 saturated carbocycles. The monoisotopic (exact) mass is 318 g/mol. The minimum atomic E-state index is -0.217. The third-order valence-electron chi connectivity index (χ3n) is 7.61. The van der Waals surface area contributed by atoms with Gasteiger partial charge in [-0.2, -0.15) is 0 Å². The summed E-state index contributed by atoms with van der Waals surface area (Å²) in [6.07, 6.45) is 10.8. The van der Waals surface area contributed by atoms with Crippen LogP contribution in [0.3, 0.4) is 0 Å². The molecule has 0 aromatic carbocycles. The van der Waals surface area contributed by atoms with Crippen molar-refractivity contribution in [1.82, 2.24) is 0 Å². The third-order valence-corrected chi connectivity index (χ3v) is 7.61. The van der Waals surface area contributed by atoms with E-state index in [0.29, 0.717) is 29.8 Å². The molecule has 1 saturated heterocycles. The lowest BCUT2D eigenvalue weighted by Gasteiger charge is -2.61. The molecule has 5 atom stereocenters. The number of hydrogen-bond acceptors (Lipinski definition) is 3. The average molecular weight is 318 g/mol. The van der Waals surface area contributed by atoms with Gasteiger partial charge in [0.2, 0.25) is 0 Å². The number of allylic oxidation sites excluding steroid dienone is 1. The molecule has 128 valence electrons. The predicted molar refractivity (Wildman–Crippen MR) is 88.9 cm³/mol. The summed E-state index contributed by atoms with van der Waals surface area (Å²) in [5.41, 5.74) is 1.44. The molecular formula is C20H30O3. The summed E-state index contributed by atoms with van der Waals surface area (Å²) in [7, 11) is 0. The molecule has 3 heteroatoms. The van der Waals surface area contributed by atoms with Crippen molar-refractivity contribution in [2.24, 2.45) is 22.7 Å². The lowest BCUT2D eigenvalue weighted by atomic mass is 9.45. The van der Waals surface area contributed by atoms with Gasteiger partial charge in [-0.15, -0.1) is 0 Å². The number of carbonyl (C=O) groups is 1. The fourth-order valence-electron chi connectivity index (χ4n) is 6.57. The van der Waals surface area contributed by atoms with Crippen molar-refractivity contribution in [3.63, 3.8) is 0 Å². The zero-order valence-corrected chi connectivity index (χ0v) is 14.8. The maximum Gasteiger partial charge on any atom is 0.162 e. The van der Waals surface area contributed by atoms with Crippen molar-refractivity contribution < 1.29 is 14.3 Å². The first-order valence-electron chi connectivity index (χ1n) is 9.33. The largest absolute Gasteiger partial charge is 0.349 e. The van der Waals surface area contributed by atoms with Crippen LogP contribution >= 0.6 is 0 Å². The van der Waals surface area contributed by atoms with Crippen LogP contribution in [-0.4, -0.2) is 24.8 Å². The van der Waals surface area contributed by atoms with Crippen molar-refractivity contribution in [2.75, 3.05) is 6.61 Å². The second kappa shape index (κ2) is 5.16. The number of aldehydes is 1. The molecule has 2 bridgehead atoms. The Hall–Kier alpha value is -0.670. The first-order valence-corrected chi connectivity index (χ1v) is 9.33. The van der Waals surface area contributed by atoms with Gasteiger partial charge >= 0.3 is 0 Å². The molecule has 4 rings (SSSR count). The zero-order chi connectivity index (χ0) is 16.3. The Morgan fingerprint density at radius 1 is 1.17 bits per heavy atom. The Kier molecular flexibility index (Phi) is 3.55. The lowest BCUT2D eigenvalue weighted by molar-refractivity contribution is -0.193. The van der Waals surface area contributed by atoms with Crippen LogP contribution in [0, 0.1) is 22.7 Å². The van der Waals surface area contributed by atoms with Gasteiger partial charge in [-0.25, -0.2) is 0 Å². The van der Waals surface area contributed by atoms with Crippen LogP contribution < -0.4 is 0 Å². The van der Waals surface area contributed by atoms with Gasteiger partial charge in [0.25, 0.3) is 0 Å². The number of ether oxygens (including phenoxy) is 2. The fraction of sp³-hybridized carbons (Fsp3) is 0.850. The Morgan fingerprint density at radius 3 is 2.78 bits per heavy atom. The molecule has 0 unspecified atom stereocenters. The molecule has 23 heavy (non-hydrogen) atoms. The van der Waals surface area contributed by atoms with Gasteiger partial charge < -0.3 is 9.47 Å². The highest BCUT2D eigenvalue weighted by Crippen LogP contribution is 2.64. The zero-order valence-electron chi connectivity index (χ0n) is 14.8. The van der Waals surface area contributed by atoms with Crippen molar-refractivity contribution in [3.05, 3.63) is 11.6 Å². The van der Waals surface area contributed by atoms with E-state index in [1.165, 1.54) is 25.7 Å². The standard InChI is InChI=1S/C20H30O3/c1-18(2)8-4-9-19(3)15(18)7-10-20-13-22-17(23-20)11-14(12-21)5-6-16(19)20/h5,12,15-17H,4,6-11,13H2,1-3H3/b14-5+/t15-,16-,17-,19+,20-/m1/s1. The molecule has 3 nitrogen and oxygen atoms in total. The van der Waals surface area contributed by atoms with E-state index in [2.05, 4.69) is 26.8 Å². The van der Waals surface area contributed by atoms with Gasteiger partial charge in [0, 0.05) is 6.42 Å². The number of rotatable bonds is 1. The van der Waals surface area contributed by atoms with Gasteiger partial charge in [0.05, 0.1) is 12.2 Å². The second-order valence-electron chi connectivity index (χ2n) is 9.25. The summed E-state index contributed by atoms with van der Waals surface area (Å²) in [4.78, 5) is 11.3. The fourth-order valence-corrected chi connectivity index (χ4v) is 6.57. The lowest BCUT2D eigenvalue weighted by Crippen LogP contribution is -2.59. The second-order valence-corrected chi connectivity index (χ2v) is 9.25. The van der Waals surface area contributed by atoms with E-state index in [1.807, 2.05) is 0 Å². The van der Waals surface area contributed by atoms with Crippen LogP contribution in [0.25, 0.3) is 0 Å². The highest BCUT2D eigenvalue weighted by Gasteiger charge is 2.62. The van der Waals surface area contributed by atoms with E-state index in [-0.39, 0.29) is 11.9 Å². The van der Waals surface area contributed by atoms with E-state index < -0.39 is 0 Å². The molecule has 0 amide bonds. The van der Waals surface area contributed by atoms with E-state index in [0.717, 1.165) is 30.6 Å². The van der Waals surface area contributed by atoms with Crippen LogP contribution in [0.4, 0.5) is 0 Å². The van der Waals surface area contributed by atoms with Crippen LogP contribution in [0.5, 0.6) is 0 Å². The first-order chi connectivity index (χ1) is 10.9. The topological polar surface area (TPSA) is 35.5 Å². The van der Waals surface area contributed by atoms with E-state index in [4.69, 9.17) is 9.47 Å². The van der Waals surface area contributed by atoms with Crippen LogP contribution in [0.1, 0.15) is 65.7 Å². The first kappa shape index (κ1) is 15.8. The molecular weight excluding hydrogens is 288 g/mol. The summed E-state index contributed by atoms with van der Waals surface area (Å²) >= 11 is 0. The average Bonchev–Trinajstić information content (AvgIpc) is 2.88. The molecule has 1 spiro atoms. The molecule has 2 aliphatic heterocycles. The Bertz CT molecular complexity index is 537. The molecule has 3 fully saturated rings. The normalized spacial score (nSPS) is 50.7. The maximum absolute atomic E-state index is 11.3. The van der Waals surface area contributed by atoms with Crippen LogP contribution in [0.2, 0.25) is 0 Å². The summed E-state index contributed by atoms with van der Waals surface area (Å²) < 4.78 is 12.5. The third kappa shape index (κ3) is 2.26. The van der Waals surface area contributed by atoms with E-state index in [9.17, 15) is 4.79 Å². The number of hydrogen-bond donors (Lipinski definition) is 0. The molecule has 2 heterocycles. The van der Waals surface area contributed by atoms with Gasteiger partial charge in [-0.3, -0.25) is 4.79 Å². The SMILES string of the molecule is CC1(C)CCC[C@@]2(C)[C@@H]1CC[C@@]13CO[C@@H](C/C(C=O)=C\C[C@@H]12)O3. The summed E-state index contributed by atoms with van der Waals surface area (Å²) in [5.74, 6) is 1.21. The molecule has 0 aromatic heterocycles. The van der Waals surface area contributed by atoms with Crippen molar-refractivity contribution in [3.8, 4) is 0 Å². The Labute approximate surface area is 139 Å². The number of fused-ring (bicyclic) bond motifs is 3. The van der Waals surface area contributed by atoms with Crippen molar-refractivity contribution >= 4 is 6.29 Å². The smallest absolute Gasteiger partial charge is 0.162 e. The quantitative estimate of drug-likeness (QED) is 0.678. The predicted octanol–water partition coefficient (Wildman–Crippen LogP) is 4.26. The van der Waals surface area contributed by atoms with Gasteiger partial charge in [0.1, 0.15) is 6.29 Å². The van der Waals surface area contributed by atoms with E-state index >= 15 is 0 Å². The summed E-state index contributed by atoms with van der Waals surface area (Å²) in [5, 5.41) is 0. The minimum absolute atomic E-state index is 0.117. The Morgan fingerprint density at radius 2 is 2.00 bits per heavy atom. The number of carbonyl (C=O) groups excluding carboxylic acids is 1. The van der Waals surface area contributed by atoms with Gasteiger partial charge in [-0.05, 0) is 60.3 Å². The molecule has 0 radical (unpaired) electrons. The highest BCUT2D eigenvalue weighted by atomic mass is 16.7. The Balaban J connectivity index is 1.76. The van der Waals surface area contributed by atoms with Crippen molar-refractivity contribution in [2.45, 2.75) is 77.6 Å². The molecule has 4 aliphatic rings. The highest BCUT2D eigenvalue weighted by molar-refractivity contribution is 5.73. The van der Waals surface area contributed by atoms with E-state index in [1.54, 1.807) is 0 Å². The molecule has 0 aromatic rings. The van der Waals surface area contributed by atoms with Crippen LogP contribution in [-0.2, 0) is 14.3 Å². The van der Waals surface area contributed by atoms with Gasteiger partial charge in [-0.1, -0.05) is 33.3 Å². The maximum atomic E-state index is 11.3. The summed E-state index contributed by atoms with van der Waals surface area (Å²) in [6.45, 7) is 8.12. The molecule has 2 aliphatic carbocycles.